The van der Waals surface area contributed by atoms with Crippen molar-refractivity contribution in [2.75, 3.05) is 11.9 Å². The Balaban J connectivity index is 2.26. The summed E-state index contributed by atoms with van der Waals surface area (Å²) < 4.78 is 30.1. The number of hydrogen-bond acceptors (Lipinski definition) is 5. The molecule has 0 aliphatic heterocycles. The molecule has 0 unspecified atom stereocenters. The number of hydrogen-bond donors (Lipinski definition) is 1. The molecule has 8 heteroatoms. The molecule has 0 bridgehead atoms. The van der Waals surface area contributed by atoms with Crippen LogP contribution in [0.1, 0.15) is 45.0 Å². The van der Waals surface area contributed by atoms with Crippen molar-refractivity contribution in [2.24, 2.45) is 5.92 Å². The molecule has 5 nitrogen and oxygen atoms in total. The van der Waals surface area contributed by atoms with Gasteiger partial charge in [-0.05, 0) is 19.3 Å². The first-order valence-corrected chi connectivity index (χ1v) is 7.23. The molecule has 1 amide bonds. The van der Waals surface area contributed by atoms with Gasteiger partial charge in [-0.25, -0.2) is 8.78 Å². The largest absolute Gasteiger partial charge is 0.378 e. The smallest absolute Gasteiger partial charge is 0.291 e. The molecule has 0 aromatic carbocycles. The summed E-state index contributed by atoms with van der Waals surface area (Å²) in [7, 11) is 0. The van der Waals surface area contributed by atoms with E-state index >= 15 is 0 Å². The maximum absolute atomic E-state index is 12.3. The molecule has 1 N–H and O–H groups in total. The summed E-state index contributed by atoms with van der Waals surface area (Å²) in [5, 5.41) is 8.87. The maximum Gasteiger partial charge on any atom is 0.291 e. The monoisotopic (exact) mass is 307 g/mol. The highest BCUT2D eigenvalue weighted by Gasteiger charge is 2.15. The van der Waals surface area contributed by atoms with Crippen LogP contribution in [0.2, 0.25) is 0 Å². The highest BCUT2D eigenvalue weighted by Crippen LogP contribution is 2.25. The molecule has 20 heavy (non-hydrogen) atoms. The number of amides is 1. The van der Waals surface area contributed by atoms with Crippen LogP contribution >= 0.6 is 11.3 Å². The van der Waals surface area contributed by atoms with Crippen LogP contribution in [0.15, 0.2) is 0 Å². The van der Waals surface area contributed by atoms with E-state index in [0.717, 1.165) is 6.42 Å². The second kappa shape index (κ2) is 8.21. The number of alkyl halides is 2. The van der Waals surface area contributed by atoms with E-state index in [1.807, 2.05) is 6.92 Å². The summed E-state index contributed by atoms with van der Waals surface area (Å²) in [4.78, 5) is 11.6. The van der Waals surface area contributed by atoms with E-state index in [2.05, 4.69) is 29.4 Å². The standard InChI is InChI=1S/C12H19F2N3O2S/c1-7(2)6-8(3)19-5-4-9(18)15-12-17-16-11(20-12)10(13)14/h7-8,10H,4-6H2,1-3H3,(H,15,17,18)/t8-/m1/s1. The maximum atomic E-state index is 12.3. The highest BCUT2D eigenvalue weighted by atomic mass is 32.1. The molecule has 0 fully saturated rings. The van der Waals surface area contributed by atoms with Crippen LogP contribution in [0, 0.1) is 5.92 Å². The van der Waals surface area contributed by atoms with E-state index in [1.54, 1.807) is 0 Å². The van der Waals surface area contributed by atoms with Gasteiger partial charge in [0.1, 0.15) is 0 Å². The summed E-state index contributed by atoms with van der Waals surface area (Å²) in [6.07, 6.45) is -1.49. The molecule has 0 aliphatic rings. The van der Waals surface area contributed by atoms with Gasteiger partial charge in [0.15, 0.2) is 5.01 Å². The number of aromatic nitrogens is 2. The SMILES string of the molecule is CC(C)C[C@@H](C)OCCC(=O)Nc1nnc(C(F)F)s1. The third-order valence-corrected chi connectivity index (χ3v) is 3.25. The van der Waals surface area contributed by atoms with Crippen molar-refractivity contribution < 1.29 is 18.3 Å². The van der Waals surface area contributed by atoms with Gasteiger partial charge in [-0.3, -0.25) is 4.79 Å². The lowest BCUT2D eigenvalue weighted by Crippen LogP contribution is -2.17. The molecule has 1 heterocycles. The molecule has 0 radical (unpaired) electrons. The van der Waals surface area contributed by atoms with Crippen molar-refractivity contribution >= 4 is 22.4 Å². The summed E-state index contributed by atoms with van der Waals surface area (Å²) in [5.41, 5.74) is 0. The van der Waals surface area contributed by atoms with Gasteiger partial charge in [-0.15, -0.1) is 10.2 Å². The van der Waals surface area contributed by atoms with Crippen LogP contribution in [0.3, 0.4) is 0 Å². The molecule has 1 aromatic heterocycles. The Morgan fingerprint density at radius 1 is 1.35 bits per heavy atom. The fourth-order valence-electron chi connectivity index (χ4n) is 1.64. The van der Waals surface area contributed by atoms with Crippen LogP contribution in [-0.2, 0) is 9.53 Å². The van der Waals surface area contributed by atoms with E-state index in [-0.39, 0.29) is 23.6 Å². The van der Waals surface area contributed by atoms with Crippen molar-refractivity contribution in [3.8, 4) is 0 Å². The minimum absolute atomic E-state index is 0.0838. The quantitative estimate of drug-likeness (QED) is 0.800. The van der Waals surface area contributed by atoms with E-state index in [9.17, 15) is 13.6 Å². The number of halogens is 2. The number of carbonyl (C=O) groups is 1. The van der Waals surface area contributed by atoms with Gasteiger partial charge in [0.05, 0.1) is 19.1 Å². The van der Waals surface area contributed by atoms with Gasteiger partial charge in [-0.1, -0.05) is 25.2 Å². The first kappa shape index (κ1) is 16.9. The molecular formula is C12H19F2N3O2S. The molecule has 1 aromatic rings. The number of carbonyl (C=O) groups excluding carboxylic acids is 1. The molecule has 1 atom stereocenters. The minimum atomic E-state index is -2.67. The van der Waals surface area contributed by atoms with Gasteiger partial charge in [-0.2, -0.15) is 0 Å². The van der Waals surface area contributed by atoms with E-state index in [4.69, 9.17) is 4.74 Å². The third kappa shape index (κ3) is 6.33. The number of nitrogens with zero attached hydrogens (tertiary/aromatic N) is 2. The van der Waals surface area contributed by atoms with Gasteiger partial charge in [0.25, 0.3) is 6.43 Å². The summed E-state index contributed by atoms with van der Waals surface area (Å²) >= 11 is 0.672. The lowest BCUT2D eigenvalue weighted by Gasteiger charge is -2.14. The van der Waals surface area contributed by atoms with Crippen molar-refractivity contribution in [2.45, 2.75) is 46.1 Å². The van der Waals surface area contributed by atoms with Crippen molar-refractivity contribution in [3.05, 3.63) is 5.01 Å². The highest BCUT2D eigenvalue weighted by molar-refractivity contribution is 7.15. The Bertz CT molecular complexity index is 427. The van der Waals surface area contributed by atoms with Gasteiger partial charge in [0, 0.05) is 0 Å². The zero-order chi connectivity index (χ0) is 15.1. The normalized spacial score (nSPS) is 12.9. The third-order valence-electron chi connectivity index (χ3n) is 2.41. The van der Waals surface area contributed by atoms with E-state index < -0.39 is 11.4 Å². The fraction of sp³-hybridized carbons (Fsp3) is 0.750. The number of nitrogens with one attached hydrogen (secondary N) is 1. The van der Waals surface area contributed by atoms with E-state index in [1.165, 1.54) is 0 Å². The average molecular weight is 307 g/mol. The molecule has 0 saturated carbocycles. The van der Waals surface area contributed by atoms with Crippen molar-refractivity contribution in [1.82, 2.24) is 10.2 Å². The number of ether oxygens (including phenoxy) is 1. The summed E-state index contributed by atoms with van der Waals surface area (Å²) in [6.45, 7) is 6.45. The predicted octanol–water partition coefficient (Wildman–Crippen LogP) is 3.26. The predicted molar refractivity (Wildman–Crippen MR) is 73.0 cm³/mol. The Hall–Kier alpha value is -1.15. The van der Waals surface area contributed by atoms with Crippen LogP contribution < -0.4 is 5.32 Å². The minimum Gasteiger partial charge on any atom is -0.378 e. The Labute approximate surface area is 120 Å². The first-order chi connectivity index (χ1) is 9.38. The number of anilines is 1. The molecule has 114 valence electrons. The van der Waals surface area contributed by atoms with Crippen LogP contribution in [-0.4, -0.2) is 28.8 Å². The van der Waals surface area contributed by atoms with Gasteiger partial charge < -0.3 is 10.1 Å². The second-order valence-corrected chi connectivity index (χ2v) is 5.86. The van der Waals surface area contributed by atoms with E-state index in [0.29, 0.717) is 23.9 Å². The number of rotatable bonds is 8. The summed E-state index contributed by atoms with van der Waals surface area (Å²) in [6, 6.07) is 0. The Morgan fingerprint density at radius 2 is 2.05 bits per heavy atom. The molecular weight excluding hydrogens is 288 g/mol. The first-order valence-electron chi connectivity index (χ1n) is 6.41. The molecule has 0 spiro atoms. The lowest BCUT2D eigenvalue weighted by atomic mass is 10.1. The van der Waals surface area contributed by atoms with Crippen molar-refractivity contribution in [1.29, 1.82) is 0 Å². The lowest BCUT2D eigenvalue weighted by molar-refractivity contribution is -0.117. The van der Waals surface area contributed by atoms with Gasteiger partial charge in [0.2, 0.25) is 11.0 Å². The zero-order valence-corrected chi connectivity index (χ0v) is 12.5. The second-order valence-electron chi connectivity index (χ2n) is 4.86. The van der Waals surface area contributed by atoms with Crippen LogP contribution in [0.4, 0.5) is 13.9 Å². The Kier molecular flexibility index (Phi) is 6.94. The van der Waals surface area contributed by atoms with Crippen molar-refractivity contribution in [3.63, 3.8) is 0 Å². The fourth-order valence-corrected chi connectivity index (χ4v) is 2.26. The molecule has 0 aliphatic carbocycles. The Morgan fingerprint density at radius 3 is 2.60 bits per heavy atom. The average Bonchev–Trinajstić information content (AvgIpc) is 2.76. The topological polar surface area (TPSA) is 64.1 Å². The van der Waals surface area contributed by atoms with Crippen LogP contribution in [0.25, 0.3) is 0 Å². The zero-order valence-electron chi connectivity index (χ0n) is 11.7. The molecule has 0 saturated heterocycles. The molecule has 1 rings (SSSR count). The van der Waals surface area contributed by atoms with Crippen LogP contribution in [0.5, 0.6) is 0 Å². The van der Waals surface area contributed by atoms with Gasteiger partial charge >= 0.3 is 0 Å². The summed E-state index contributed by atoms with van der Waals surface area (Å²) in [5.74, 6) is 0.215.